The van der Waals surface area contributed by atoms with Crippen molar-refractivity contribution >= 4 is 17.3 Å². The van der Waals surface area contributed by atoms with Crippen molar-refractivity contribution in [2.24, 2.45) is 0 Å². The molecule has 0 fully saturated rings. The minimum atomic E-state index is -0.943. The largest absolute Gasteiger partial charge is 0.497 e. The number of thiophene rings is 1. The van der Waals surface area contributed by atoms with Crippen LogP contribution in [0.4, 0.5) is 0 Å². The van der Waals surface area contributed by atoms with Gasteiger partial charge in [-0.3, -0.25) is 10.1 Å². The highest BCUT2D eigenvalue weighted by atomic mass is 32.1. The Kier molecular flexibility index (Phi) is 5.19. The summed E-state index contributed by atoms with van der Waals surface area (Å²) in [4.78, 5) is 12.6. The first-order valence-corrected chi connectivity index (χ1v) is 7.23. The molecule has 0 radical (unpaired) electrons. The highest BCUT2D eigenvalue weighted by molar-refractivity contribution is 7.09. The van der Waals surface area contributed by atoms with Gasteiger partial charge in [0.15, 0.2) is 0 Å². The molecule has 0 aliphatic rings. The van der Waals surface area contributed by atoms with Crippen LogP contribution >= 0.6 is 11.3 Å². The molecule has 0 bridgehead atoms. The van der Waals surface area contributed by atoms with Gasteiger partial charge >= 0.3 is 5.97 Å². The summed E-state index contributed by atoms with van der Waals surface area (Å²) < 4.78 is 10.4. The molecule has 1 atom stereocenters. The summed E-state index contributed by atoms with van der Waals surface area (Å²) in [6.45, 7) is 0.494. The van der Waals surface area contributed by atoms with E-state index >= 15 is 0 Å². The van der Waals surface area contributed by atoms with Crippen LogP contribution in [0.3, 0.4) is 0 Å². The molecule has 5 nitrogen and oxygen atoms in total. The third-order valence-corrected chi connectivity index (χ3v) is 3.89. The molecule has 2 N–H and O–H groups in total. The quantitative estimate of drug-likeness (QED) is 0.823. The van der Waals surface area contributed by atoms with Crippen molar-refractivity contribution in [1.82, 2.24) is 5.32 Å². The molecule has 21 heavy (non-hydrogen) atoms. The van der Waals surface area contributed by atoms with E-state index in [1.807, 2.05) is 17.5 Å². The molecule has 2 aromatic rings. The van der Waals surface area contributed by atoms with Crippen molar-refractivity contribution in [1.29, 1.82) is 0 Å². The van der Waals surface area contributed by atoms with E-state index in [1.165, 1.54) is 14.2 Å². The molecule has 0 saturated carbocycles. The molecule has 1 aromatic carbocycles. The average molecular weight is 307 g/mol. The summed E-state index contributed by atoms with van der Waals surface area (Å²) >= 11 is 1.58. The molecule has 0 amide bonds. The van der Waals surface area contributed by atoms with E-state index in [0.29, 0.717) is 23.6 Å². The second-order valence-corrected chi connectivity index (χ2v) is 5.41. The van der Waals surface area contributed by atoms with Gasteiger partial charge in [-0.15, -0.1) is 11.3 Å². The lowest BCUT2D eigenvalue weighted by Crippen LogP contribution is -2.27. The predicted octanol–water partition coefficient (Wildman–Crippen LogP) is 2.68. The van der Waals surface area contributed by atoms with E-state index < -0.39 is 12.0 Å². The number of nitrogens with one attached hydrogen (secondary N) is 1. The highest BCUT2D eigenvalue weighted by Crippen LogP contribution is 2.27. The van der Waals surface area contributed by atoms with Crippen LogP contribution < -0.4 is 14.8 Å². The van der Waals surface area contributed by atoms with Crippen LogP contribution in [0.15, 0.2) is 35.7 Å². The van der Waals surface area contributed by atoms with Gasteiger partial charge in [0.25, 0.3) is 0 Å². The Balaban J connectivity index is 2.22. The molecule has 6 heteroatoms. The second-order valence-electron chi connectivity index (χ2n) is 4.38. The Morgan fingerprint density at radius 3 is 2.43 bits per heavy atom. The third kappa shape index (κ3) is 3.96. The summed E-state index contributed by atoms with van der Waals surface area (Å²) in [6, 6.07) is 8.18. The van der Waals surface area contributed by atoms with E-state index in [1.54, 1.807) is 29.5 Å². The van der Waals surface area contributed by atoms with Gasteiger partial charge in [-0.25, -0.2) is 0 Å². The van der Waals surface area contributed by atoms with Crippen LogP contribution in [0.2, 0.25) is 0 Å². The Labute approximate surface area is 127 Å². The summed E-state index contributed by atoms with van der Waals surface area (Å²) in [7, 11) is 3.07. The van der Waals surface area contributed by atoms with Gasteiger partial charge in [0.1, 0.15) is 17.5 Å². The molecule has 0 aliphatic heterocycles. The average Bonchev–Trinajstić information content (AvgIpc) is 3.00. The number of ether oxygens (including phenoxy) is 2. The minimum absolute atomic E-state index is 0.494. The monoisotopic (exact) mass is 307 g/mol. The smallest absolute Gasteiger partial charge is 0.325 e. The fraction of sp³-hybridized carbons (Fsp3) is 0.267. The van der Waals surface area contributed by atoms with Gasteiger partial charge in [0, 0.05) is 17.5 Å². The standard InChI is InChI=1S/C15H17NO4S/c1-19-11-6-10(7-12(8-11)20-2)14(15(17)18)16-9-13-4-3-5-21-13/h3-8,14,16H,9H2,1-2H3,(H,17,18). The third-order valence-electron chi connectivity index (χ3n) is 3.01. The number of carbonyl (C=O) groups is 1. The van der Waals surface area contributed by atoms with Crippen LogP contribution in [0, 0.1) is 0 Å². The zero-order valence-electron chi connectivity index (χ0n) is 11.8. The van der Waals surface area contributed by atoms with Crippen LogP contribution in [0.5, 0.6) is 11.5 Å². The van der Waals surface area contributed by atoms with Gasteiger partial charge in [-0.05, 0) is 29.1 Å². The van der Waals surface area contributed by atoms with Gasteiger partial charge in [-0.2, -0.15) is 0 Å². The van der Waals surface area contributed by atoms with Crippen molar-refractivity contribution in [2.75, 3.05) is 14.2 Å². The fourth-order valence-corrected chi connectivity index (χ4v) is 2.62. The lowest BCUT2D eigenvalue weighted by atomic mass is 10.1. The Morgan fingerprint density at radius 1 is 1.29 bits per heavy atom. The SMILES string of the molecule is COc1cc(OC)cc(C(NCc2cccs2)C(=O)O)c1. The fourth-order valence-electron chi connectivity index (χ4n) is 1.96. The topological polar surface area (TPSA) is 67.8 Å². The predicted molar refractivity (Wildman–Crippen MR) is 81.1 cm³/mol. The van der Waals surface area contributed by atoms with Gasteiger partial charge < -0.3 is 14.6 Å². The van der Waals surface area contributed by atoms with Crippen molar-refractivity contribution in [3.8, 4) is 11.5 Å². The van der Waals surface area contributed by atoms with Crippen molar-refractivity contribution in [2.45, 2.75) is 12.6 Å². The molecular formula is C15H17NO4S. The molecule has 1 heterocycles. The Bertz CT molecular complexity index is 575. The molecule has 112 valence electrons. The Hall–Kier alpha value is -2.05. The number of hydrogen-bond acceptors (Lipinski definition) is 5. The van der Waals surface area contributed by atoms with Crippen molar-refractivity contribution < 1.29 is 19.4 Å². The first-order valence-electron chi connectivity index (χ1n) is 6.35. The normalized spacial score (nSPS) is 11.9. The van der Waals surface area contributed by atoms with E-state index in [2.05, 4.69) is 5.32 Å². The van der Waals surface area contributed by atoms with Crippen LogP contribution in [0.1, 0.15) is 16.5 Å². The number of aliphatic carboxylic acids is 1. The molecule has 0 spiro atoms. The van der Waals surface area contributed by atoms with Gasteiger partial charge in [-0.1, -0.05) is 6.07 Å². The molecule has 2 rings (SSSR count). The minimum Gasteiger partial charge on any atom is -0.497 e. The zero-order valence-corrected chi connectivity index (χ0v) is 12.6. The van der Waals surface area contributed by atoms with E-state index in [4.69, 9.17) is 9.47 Å². The maximum Gasteiger partial charge on any atom is 0.325 e. The molecule has 1 aromatic heterocycles. The number of rotatable bonds is 7. The van der Waals surface area contributed by atoms with Gasteiger partial charge in [0.05, 0.1) is 14.2 Å². The number of carboxylic acid groups (broad SMARTS) is 1. The second kappa shape index (κ2) is 7.10. The molecule has 1 unspecified atom stereocenters. The first kappa shape index (κ1) is 15.3. The van der Waals surface area contributed by atoms with E-state index in [9.17, 15) is 9.90 Å². The highest BCUT2D eigenvalue weighted by Gasteiger charge is 2.21. The van der Waals surface area contributed by atoms with Gasteiger partial charge in [0.2, 0.25) is 0 Å². The van der Waals surface area contributed by atoms with E-state index in [0.717, 1.165) is 4.88 Å². The zero-order chi connectivity index (χ0) is 15.2. The molecular weight excluding hydrogens is 290 g/mol. The molecule has 0 aliphatic carbocycles. The maximum absolute atomic E-state index is 11.5. The van der Waals surface area contributed by atoms with E-state index in [-0.39, 0.29) is 0 Å². The number of benzene rings is 1. The maximum atomic E-state index is 11.5. The van der Waals surface area contributed by atoms with Crippen LogP contribution in [-0.4, -0.2) is 25.3 Å². The number of hydrogen-bond donors (Lipinski definition) is 2. The van der Waals surface area contributed by atoms with Crippen molar-refractivity contribution in [3.05, 3.63) is 46.2 Å². The first-order chi connectivity index (χ1) is 10.1. The lowest BCUT2D eigenvalue weighted by Gasteiger charge is -2.16. The Morgan fingerprint density at radius 2 is 1.95 bits per heavy atom. The summed E-state index contributed by atoms with van der Waals surface area (Å²) in [6.07, 6.45) is 0. The summed E-state index contributed by atoms with van der Waals surface area (Å²) in [5, 5.41) is 14.4. The summed E-state index contributed by atoms with van der Waals surface area (Å²) in [5.41, 5.74) is 0.593. The number of carboxylic acids is 1. The summed E-state index contributed by atoms with van der Waals surface area (Å²) in [5.74, 6) is 0.184. The molecule has 0 saturated heterocycles. The van der Waals surface area contributed by atoms with Crippen molar-refractivity contribution in [3.63, 3.8) is 0 Å². The number of methoxy groups -OCH3 is 2. The lowest BCUT2D eigenvalue weighted by molar-refractivity contribution is -0.139. The van der Waals surface area contributed by atoms with Crippen LogP contribution in [-0.2, 0) is 11.3 Å². The van der Waals surface area contributed by atoms with Crippen LogP contribution in [0.25, 0.3) is 0 Å².